The Labute approximate surface area is 150 Å². The second-order valence-corrected chi connectivity index (χ2v) is 6.89. The molecule has 26 heavy (non-hydrogen) atoms. The molecule has 1 heterocycles. The Bertz CT molecular complexity index is 853. The van der Waals surface area contributed by atoms with Crippen LogP contribution in [0.5, 0.6) is 11.5 Å². The summed E-state index contributed by atoms with van der Waals surface area (Å²) >= 11 is 0. The van der Waals surface area contributed by atoms with Crippen LogP contribution in [0, 0.1) is 11.3 Å². The molecule has 0 amide bonds. The van der Waals surface area contributed by atoms with Crippen LogP contribution in [-0.4, -0.2) is 12.2 Å². The van der Waals surface area contributed by atoms with E-state index >= 15 is 0 Å². The van der Waals surface area contributed by atoms with Gasteiger partial charge in [0.05, 0.1) is 5.56 Å². The van der Waals surface area contributed by atoms with Crippen molar-refractivity contribution >= 4 is 0 Å². The number of ether oxygens (including phenoxy) is 2. The molecule has 0 saturated carbocycles. The third-order valence-corrected chi connectivity index (χ3v) is 4.36. The molecule has 6 heteroatoms. The Morgan fingerprint density at radius 3 is 2.69 bits per heavy atom. The first-order valence-electron chi connectivity index (χ1n) is 8.19. The van der Waals surface area contributed by atoms with Crippen molar-refractivity contribution in [2.75, 3.05) is 6.61 Å². The number of fused-ring (bicyclic) bond motifs is 1. The molecule has 3 rings (SSSR count). The lowest BCUT2D eigenvalue weighted by molar-refractivity contribution is -0.137. The van der Waals surface area contributed by atoms with Crippen LogP contribution in [0.1, 0.15) is 42.9 Å². The molecule has 0 radical (unpaired) electrons. The van der Waals surface area contributed by atoms with Crippen molar-refractivity contribution in [3.63, 3.8) is 0 Å². The van der Waals surface area contributed by atoms with Crippen LogP contribution in [-0.2, 0) is 6.18 Å². The van der Waals surface area contributed by atoms with Crippen molar-refractivity contribution in [3.05, 3.63) is 59.2 Å². The van der Waals surface area contributed by atoms with Gasteiger partial charge in [-0.25, -0.2) is 0 Å². The van der Waals surface area contributed by atoms with Crippen LogP contribution in [0.15, 0.2) is 42.5 Å². The molecule has 1 aliphatic rings. The average Bonchev–Trinajstić information content (AvgIpc) is 2.57. The summed E-state index contributed by atoms with van der Waals surface area (Å²) in [5.74, 6) is 0.839. The molecular weight excluding hydrogens is 343 g/mol. The minimum Gasteiger partial charge on any atom is -0.487 e. The van der Waals surface area contributed by atoms with E-state index in [9.17, 15) is 13.2 Å². The summed E-state index contributed by atoms with van der Waals surface area (Å²) in [5.41, 5.74) is 0.214. The van der Waals surface area contributed by atoms with E-state index in [4.69, 9.17) is 14.7 Å². The molecule has 1 unspecified atom stereocenters. The summed E-state index contributed by atoms with van der Waals surface area (Å²) < 4.78 is 50.6. The van der Waals surface area contributed by atoms with E-state index in [0.717, 1.165) is 11.6 Å². The van der Waals surface area contributed by atoms with Gasteiger partial charge in [-0.05, 0) is 38.0 Å². The fourth-order valence-electron chi connectivity index (χ4n) is 3.27. The monoisotopic (exact) mass is 361 g/mol. The van der Waals surface area contributed by atoms with Crippen LogP contribution >= 0.6 is 0 Å². The summed E-state index contributed by atoms with van der Waals surface area (Å²) in [5, 5.41) is 8.63. The second-order valence-electron chi connectivity index (χ2n) is 6.89. The smallest absolute Gasteiger partial charge is 0.416 e. The van der Waals surface area contributed by atoms with Gasteiger partial charge in [0.1, 0.15) is 23.2 Å². The summed E-state index contributed by atoms with van der Waals surface area (Å²) in [7, 11) is 0. The zero-order chi connectivity index (χ0) is 18.9. The maximum Gasteiger partial charge on any atom is 0.416 e. The predicted octanol–water partition coefficient (Wildman–Crippen LogP) is 5.30. The Kier molecular flexibility index (Phi) is 4.57. The first-order chi connectivity index (χ1) is 12.2. The van der Waals surface area contributed by atoms with Gasteiger partial charge in [0.15, 0.2) is 6.61 Å². The van der Waals surface area contributed by atoms with Gasteiger partial charge >= 0.3 is 6.18 Å². The summed E-state index contributed by atoms with van der Waals surface area (Å²) in [6.45, 7) is 3.72. The molecule has 136 valence electrons. The zero-order valence-electron chi connectivity index (χ0n) is 14.4. The van der Waals surface area contributed by atoms with Crippen molar-refractivity contribution in [1.29, 1.82) is 5.26 Å². The van der Waals surface area contributed by atoms with Crippen molar-refractivity contribution in [3.8, 4) is 17.6 Å². The molecule has 1 aliphatic heterocycles. The normalized spacial score (nSPS) is 18.4. The maximum atomic E-state index is 13.1. The van der Waals surface area contributed by atoms with Crippen LogP contribution in [0.3, 0.4) is 0 Å². The van der Waals surface area contributed by atoms with Crippen molar-refractivity contribution in [1.82, 2.24) is 0 Å². The third-order valence-electron chi connectivity index (χ3n) is 4.36. The second kappa shape index (κ2) is 6.56. The molecule has 0 fully saturated rings. The molecule has 3 nitrogen and oxygen atoms in total. The van der Waals surface area contributed by atoms with Crippen molar-refractivity contribution < 1.29 is 22.6 Å². The van der Waals surface area contributed by atoms with E-state index in [1.165, 1.54) is 12.1 Å². The molecule has 0 aliphatic carbocycles. The Morgan fingerprint density at radius 1 is 1.23 bits per heavy atom. The molecule has 1 atom stereocenters. The standard InChI is InChI=1S/C20H18F3NO2/c1-19(2)12-17(13-4-3-5-14(10-13)20(21,22)23)16-7-6-15(25-9-8-24)11-18(16)26-19/h3-7,10-11,17H,9,12H2,1-2H3. The zero-order valence-corrected chi connectivity index (χ0v) is 14.4. The van der Waals surface area contributed by atoms with Gasteiger partial charge in [-0.3, -0.25) is 0 Å². The van der Waals surface area contributed by atoms with Gasteiger partial charge in [-0.2, -0.15) is 18.4 Å². The predicted molar refractivity (Wildman–Crippen MR) is 90.2 cm³/mol. The number of halogens is 3. The maximum absolute atomic E-state index is 13.1. The number of hydrogen-bond donors (Lipinski definition) is 0. The summed E-state index contributed by atoms with van der Waals surface area (Å²) in [4.78, 5) is 0. The lowest BCUT2D eigenvalue weighted by atomic mass is 9.79. The topological polar surface area (TPSA) is 42.2 Å². The molecule has 2 aromatic rings. The summed E-state index contributed by atoms with van der Waals surface area (Å²) in [6.07, 6.45) is -3.83. The van der Waals surface area contributed by atoms with E-state index in [1.54, 1.807) is 24.3 Å². The SMILES string of the molecule is CC1(C)CC(c2cccc(C(F)(F)F)c2)c2ccc(OCC#N)cc2O1. The Balaban J connectivity index is 2.03. The lowest BCUT2D eigenvalue weighted by Gasteiger charge is -2.38. The molecule has 0 aromatic heterocycles. The number of alkyl halides is 3. The highest BCUT2D eigenvalue weighted by molar-refractivity contribution is 5.49. The van der Waals surface area contributed by atoms with E-state index in [0.29, 0.717) is 23.5 Å². The van der Waals surface area contributed by atoms with E-state index in [2.05, 4.69) is 0 Å². The van der Waals surface area contributed by atoms with Gasteiger partial charge in [0.25, 0.3) is 0 Å². The Morgan fingerprint density at radius 2 is 2.00 bits per heavy atom. The van der Waals surface area contributed by atoms with Crippen molar-refractivity contribution in [2.45, 2.75) is 38.0 Å². The van der Waals surface area contributed by atoms with Crippen LogP contribution in [0.2, 0.25) is 0 Å². The highest BCUT2D eigenvalue weighted by atomic mass is 19.4. The molecule has 0 spiro atoms. The lowest BCUT2D eigenvalue weighted by Crippen LogP contribution is -2.35. The van der Waals surface area contributed by atoms with Gasteiger partial charge in [-0.1, -0.05) is 24.3 Å². The fraction of sp³-hybridized carbons (Fsp3) is 0.350. The first-order valence-corrected chi connectivity index (χ1v) is 8.19. The quantitative estimate of drug-likeness (QED) is 0.745. The number of rotatable bonds is 3. The number of hydrogen-bond acceptors (Lipinski definition) is 3. The average molecular weight is 361 g/mol. The van der Waals surface area contributed by atoms with Gasteiger partial charge < -0.3 is 9.47 Å². The fourth-order valence-corrected chi connectivity index (χ4v) is 3.27. The highest BCUT2D eigenvalue weighted by Crippen LogP contribution is 2.46. The number of nitriles is 1. The van der Waals surface area contributed by atoms with Crippen LogP contribution in [0.25, 0.3) is 0 Å². The summed E-state index contributed by atoms with van der Waals surface area (Å²) in [6, 6.07) is 12.5. The number of nitrogens with zero attached hydrogens (tertiary/aromatic N) is 1. The minimum atomic E-state index is -4.38. The largest absolute Gasteiger partial charge is 0.487 e. The molecule has 2 aromatic carbocycles. The third kappa shape index (κ3) is 3.77. The molecular formula is C20H18F3NO2. The molecule has 0 saturated heterocycles. The van der Waals surface area contributed by atoms with Crippen LogP contribution < -0.4 is 9.47 Å². The van der Waals surface area contributed by atoms with E-state index < -0.39 is 17.3 Å². The van der Waals surface area contributed by atoms with E-state index in [1.807, 2.05) is 19.9 Å². The minimum absolute atomic E-state index is 0.0841. The van der Waals surface area contributed by atoms with Gasteiger partial charge in [0, 0.05) is 17.5 Å². The van der Waals surface area contributed by atoms with Crippen molar-refractivity contribution in [2.24, 2.45) is 0 Å². The molecule has 0 bridgehead atoms. The van der Waals surface area contributed by atoms with E-state index in [-0.39, 0.29) is 12.5 Å². The molecule has 0 N–H and O–H groups in total. The van der Waals surface area contributed by atoms with Gasteiger partial charge in [0.2, 0.25) is 0 Å². The highest BCUT2D eigenvalue weighted by Gasteiger charge is 2.36. The van der Waals surface area contributed by atoms with Gasteiger partial charge in [-0.15, -0.1) is 0 Å². The Hall–Kier alpha value is -2.68. The first kappa shape index (κ1) is 18.1. The number of benzene rings is 2. The van der Waals surface area contributed by atoms with Crippen LogP contribution in [0.4, 0.5) is 13.2 Å².